The Morgan fingerprint density at radius 2 is 2.27 bits per heavy atom. The number of pyridine rings is 1. The molecule has 0 aliphatic carbocycles. The van der Waals surface area contributed by atoms with Crippen LogP contribution in [0.2, 0.25) is 5.15 Å². The van der Waals surface area contributed by atoms with Crippen molar-refractivity contribution in [2.75, 3.05) is 0 Å². The predicted molar refractivity (Wildman–Crippen MR) is 50.3 cm³/mol. The molecule has 0 fully saturated rings. The number of carboxylic acids is 1. The van der Waals surface area contributed by atoms with Gasteiger partial charge in [-0.15, -0.1) is 0 Å². The van der Waals surface area contributed by atoms with Crippen molar-refractivity contribution in [1.29, 1.82) is 0 Å². The van der Waals surface area contributed by atoms with Gasteiger partial charge < -0.3 is 5.11 Å². The smallest absolute Gasteiger partial charge is 0.307 e. The Kier molecular flexibility index (Phi) is 3.57. The maximum atomic E-state index is 12.5. The van der Waals surface area contributed by atoms with Crippen molar-refractivity contribution in [3.8, 4) is 0 Å². The summed E-state index contributed by atoms with van der Waals surface area (Å²) in [7, 11) is 0. The maximum absolute atomic E-state index is 12.5. The van der Waals surface area contributed by atoms with Gasteiger partial charge in [-0.05, 0) is 24.1 Å². The number of halogens is 3. The highest BCUT2D eigenvalue weighted by Crippen LogP contribution is 2.25. The summed E-state index contributed by atoms with van der Waals surface area (Å²) in [5, 5.41) is 8.44. The first-order chi connectivity index (χ1) is 6.91. The van der Waals surface area contributed by atoms with Gasteiger partial charge in [0.25, 0.3) is 6.43 Å². The average Bonchev–Trinajstić information content (AvgIpc) is 2.09. The molecule has 1 heterocycles. The topological polar surface area (TPSA) is 50.2 Å². The van der Waals surface area contributed by atoms with Crippen LogP contribution in [0.15, 0.2) is 6.07 Å². The molecule has 0 bridgehead atoms. The molecule has 0 amide bonds. The quantitative estimate of drug-likeness (QED) is 0.820. The van der Waals surface area contributed by atoms with Crippen molar-refractivity contribution in [3.63, 3.8) is 0 Å². The standard InChI is InChI=1S/C9H8ClF2NO2/c1-4-5(3-7(14)15)2-6(10)13-8(4)9(11)12/h2,9H,3H2,1H3,(H,14,15). The maximum Gasteiger partial charge on any atom is 0.307 e. The van der Waals surface area contributed by atoms with Gasteiger partial charge in [0.2, 0.25) is 0 Å². The summed E-state index contributed by atoms with van der Waals surface area (Å²) in [4.78, 5) is 13.9. The Morgan fingerprint density at radius 1 is 1.67 bits per heavy atom. The first-order valence-corrected chi connectivity index (χ1v) is 4.45. The molecule has 1 aromatic rings. The van der Waals surface area contributed by atoms with E-state index in [0.717, 1.165) is 0 Å². The lowest BCUT2D eigenvalue weighted by Gasteiger charge is -2.09. The van der Waals surface area contributed by atoms with Crippen molar-refractivity contribution >= 4 is 17.6 Å². The van der Waals surface area contributed by atoms with Gasteiger partial charge in [0.1, 0.15) is 10.8 Å². The van der Waals surface area contributed by atoms with E-state index in [1.54, 1.807) is 0 Å². The van der Waals surface area contributed by atoms with Gasteiger partial charge in [-0.1, -0.05) is 11.6 Å². The number of carbonyl (C=O) groups is 1. The first-order valence-electron chi connectivity index (χ1n) is 4.07. The Morgan fingerprint density at radius 3 is 2.73 bits per heavy atom. The van der Waals surface area contributed by atoms with Gasteiger partial charge in [-0.2, -0.15) is 0 Å². The van der Waals surface area contributed by atoms with Crippen LogP contribution in [0.5, 0.6) is 0 Å². The lowest BCUT2D eigenvalue weighted by atomic mass is 10.1. The first kappa shape index (κ1) is 11.8. The minimum Gasteiger partial charge on any atom is -0.481 e. The number of rotatable bonds is 3. The second-order valence-corrected chi connectivity index (χ2v) is 3.37. The molecule has 0 saturated heterocycles. The van der Waals surface area contributed by atoms with E-state index in [9.17, 15) is 13.6 Å². The van der Waals surface area contributed by atoms with Gasteiger partial charge in [0.05, 0.1) is 6.42 Å². The summed E-state index contributed by atoms with van der Waals surface area (Å²) in [6, 6.07) is 1.29. The second kappa shape index (κ2) is 4.53. The summed E-state index contributed by atoms with van der Waals surface area (Å²) in [5.74, 6) is -1.10. The minimum atomic E-state index is -2.75. The Balaban J connectivity index is 3.21. The van der Waals surface area contributed by atoms with Crippen molar-refractivity contribution < 1.29 is 18.7 Å². The van der Waals surface area contributed by atoms with Crippen molar-refractivity contribution in [3.05, 3.63) is 28.0 Å². The van der Waals surface area contributed by atoms with Crippen LogP contribution in [-0.4, -0.2) is 16.1 Å². The Labute approximate surface area is 89.7 Å². The lowest BCUT2D eigenvalue weighted by molar-refractivity contribution is -0.136. The van der Waals surface area contributed by atoms with E-state index in [1.165, 1.54) is 13.0 Å². The molecule has 82 valence electrons. The van der Waals surface area contributed by atoms with Gasteiger partial charge >= 0.3 is 5.97 Å². The summed E-state index contributed by atoms with van der Waals surface area (Å²) in [6.07, 6.45) is -3.09. The van der Waals surface area contributed by atoms with Gasteiger partial charge in [0.15, 0.2) is 0 Å². The fraction of sp³-hybridized carbons (Fsp3) is 0.333. The average molecular weight is 236 g/mol. The zero-order valence-electron chi connectivity index (χ0n) is 7.80. The minimum absolute atomic E-state index is 0.118. The molecule has 0 aliphatic heterocycles. The SMILES string of the molecule is Cc1c(CC(=O)O)cc(Cl)nc1C(F)F. The normalized spacial score (nSPS) is 10.7. The zero-order chi connectivity index (χ0) is 11.6. The molecule has 1 aromatic heterocycles. The van der Waals surface area contributed by atoms with Crippen LogP contribution in [0.4, 0.5) is 8.78 Å². The molecule has 0 saturated carbocycles. The molecule has 6 heteroatoms. The molecular formula is C9H8ClF2NO2. The summed E-state index contributed by atoms with van der Waals surface area (Å²) in [6.45, 7) is 1.41. The van der Waals surface area contributed by atoms with E-state index < -0.39 is 18.1 Å². The predicted octanol–water partition coefficient (Wildman–Crippen LogP) is 2.61. The van der Waals surface area contributed by atoms with Crippen LogP contribution in [0, 0.1) is 6.92 Å². The number of hydrogen-bond acceptors (Lipinski definition) is 2. The highest BCUT2D eigenvalue weighted by molar-refractivity contribution is 6.29. The van der Waals surface area contributed by atoms with Crippen LogP contribution in [0.1, 0.15) is 23.2 Å². The largest absolute Gasteiger partial charge is 0.481 e. The van der Waals surface area contributed by atoms with E-state index in [0.29, 0.717) is 0 Å². The van der Waals surface area contributed by atoms with Crippen molar-refractivity contribution in [1.82, 2.24) is 4.98 Å². The van der Waals surface area contributed by atoms with Crippen LogP contribution >= 0.6 is 11.6 Å². The fourth-order valence-electron chi connectivity index (χ4n) is 1.21. The summed E-state index contributed by atoms with van der Waals surface area (Å²) >= 11 is 5.51. The highest BCUT2D eigenvalue weighted by Gasteiger charge is 2.17. The lowest BCUT2D eigenvalue weighted by Crippen LogP contribution is -2.06. The van der Waals surface area contributed by atoms with E-state index in [2.05, 4.69) is 4.98 Å². The van der Waals surface area contributed by atoms with Gasteiger partial charge in [-0.3, -0.25) is 4.79 Å². The van der Waals surface area contributed by atoms with E-state index in [4.69, 9.17) is 16.7 Å². The highest BCUT2D eigenvalue weighted by atomic mass is 35.5. The van der Waals surface area contributed by atoms with Crippen LogP contribution in [-0.2, 0) is 11.2 Å². The number of alkyl halides is 2. The second-order valence-electron chi connectivity index (χ2n) is 2.99. The Bertz CT molecular complexity index is 396. The molecular weight excluding hydrogens is 228 g/mol. The monoisotopic (exact) mass is 235 g/mol. The molecule has 0 aromatic carbocycles. The number of hydrogen-bond donors (Lipinski definition) is 1. The third kappa shape index (κ3) is 2.86. The third-order valence-corrected chi connectivity index (χ3v) is 2.13. The molecule has 15 heavy (non-hydrogen) atoms. The molecule has 0 atom stereocenters. The molecule has 1 rings (SSSR count). The number of nitrogens with zero attached hydrogens (tertiary/aromatic N) is 1. The number of aliphatic carboxylic acids is 1. The van der Waals surface area contributed by atoms with Crippen molar-refractivity contribution in [2.24, 2.45) is 0 Å². The van der Waals surface area contributed by atoms with E-state index in [1.807, 2.05) is 0 Å². The molecule has 0 aliphatic rings. The van der Waals surface area contributed by atoms with E-state index in [-0.39, 0.29) is 22.7 Å². The molecule has 0 unspecified atom stereocenters. The van der Waals surface area contributed by atoms with Gasteiger partial charge in [0, 0.05) is 0 Å². The molecule has 0 spiro atoms. The molecule has 0 radical (unpaired) electrons. The molecule has 3 nitrogen and oxygen atoms in total. The number of carboxylic acid groups (broad SMARTS) is 1. The van der Waals surface area contributed by atoms with Crippen molar-refractivity contribution in [2.45, 2.75) is 19.8 Å². The molecule has 1 N–H and O–H groups in total. The van der Waals surface area contributed by atoms with E-state index >= 15 is 0 Å². The fourth-order valence-corrected chi connectivity index (χ4v) is 1.43. The number of aromatic nitrogens is 1. The van der Waals surface area contributed by atoms with Crippen LogP contribution in [0.3, 0.4) is 0 Å². The van der Waals surface area contributed by atoms with Crippen LogP contribution in [0.25, 0.3) is 0 Å². The Hall–Kier alpha value is -1.23. The summed E-state index contributed by atoms with van der Waals surface area (Å²) in [5.41, 5.74) is -0.0200. The van der Waals surface area contributed by atoms with Crippen LogP contribution < -0.4 is 0 Å². The summed E-state index contributed by atoms with van der Waals surface area (Å²) < 4.78 is 24.9. The third-order valence-electron chi connectivity index (χ3n) is 1.93. The zero-order valence-corrected chi connectivity index (χ0v) is 8.55. The van der Waals surface area contributed by atoms with Gasteiger partial charge in [-0.25, -0.2) is 13.8 Å².